The third-order valence-electron chi connectivity index (χ3n) is 3.46. The number of rotatable bonds is 5. The maximum atomic E-state index is 9.35. The molecule has 0 bridgehead atoms. The molecule has 0 saturated carbocycles. The van der Waals surface area contributed by atoms with Crippen molar-refractivity contribution in [2.45, 2.75) is 46.7 Å². The van der Waals surface area contributed by atoms with Gasteiger partial charge in [0.05, 0.1) is 12.3 Å². The number of aliphatic hydroxyl groups excluding tert-OH is 1. The lowest BCUT2D eigenvalue weighted by Gasteiger charge is -2.25. The molecular weight excluding hydrogens is 214 g/mol. The van der Waals surface area contributed by atoms with Gasteiger partial charge in [-0.05, 0) is 26.7 Å². The van der Waals surface area contributed by atoms with Gasteiger partial charge in [0.2, 0.25) is 0 Å². The molecule has 1 unspecified atom stereocenters. The number of aromatic nitrogens is 2. The van der Waals surface area contributed by atoms with Crippen molar-refractivity contribution in [3.63, 3.8) is 0 Å². The first-order chi connectivity index (χ1) is 7.88. The van der Waals surface area contributed by atoms with Crippen LogP contribution in [0.1, 0.15) is 43.8 Å². The van der Waals surface area contributed by atoms with Crippen LogP contribution in [0.15, 0.2) is 0 Å². The summed E-state index contributed by atoms with van der Waals surface area (Å²) in [7, 11) is 1.96. The van der Waals surface area contributed by atoms with Gasteiger partial charge in [0.1, 0.15) is 0 Å². The van der Waals surface area contributed by atoms with Gasteiger partial charge in [0, 0.05) is 30.4 Å². The lowest BCUT2D eigenvalue weighted by atomic mass is 10.0. The molecule has 0 fully saturated rings. The highest BCUT2D eigenvalue weighted by atomic mass is 16.3. The number of nitrogens with one attached hydrogen (secondary N) is 1. The highest BCUT2D eigenvalue weighted by molar-refractivity contribution is 5.27. The molecule has 1 aromatic heterocycles. The quantitative estimate of drug-likeness (QED) is 0.822. The van der Waals surface area contributed by atoms with E-state index in [4.69, 9.17) is 0 Å². The van der Waals surface area contributed by atoms with Crippen LogP contribution < -0.4 is 5.32 Å². The fourth-order valence-corrected chi connectivity index (χ4v) is 2.28. The highest BCUT2D eigenvalue weighted by Gasteiger charge is 2.20. The molecular formula is C13H25N3O. The van der Waals surface area contributed by atoms with Gasteiger partial charge in [-0.1, -0.05) is 13.8 Å². The molecule has 0 radical (unpaired) electrons. The molecule has 1 rings (SSSR count). The Bertz CT molecular complexity index is 371. The van der Waals surface area contributed by atoms with E-state index in [-0.39, 0.29) is 18.7 Å². The summed E-state index contributed by atoms with van der Waals surface area (Å²) >= 11 is 0. The van der Waals surface area contributed by atoms with Crippen molar-refractivity contribution >= 4 is 0 Å². The van der Waals surface area contributed by atoms with Gasteiger partial charge < -0.3 is 10.4 Å². The summed E-state index contributed by atoms with van der Waals surface area (Å²) in [5.41, 5.74) is 3.49. The molecule has 0 saturated heterocycles. The molecule has 2 atom stereocenters. The van der Waals surface area contributed by atoms with Crippen molar-refractivity contribution in [3.05, 3.63) is 17.0 Å². The van der Waals surface area contributed by atoms with Crippen LogP contribution in [0.4, 0.5) is 0 Å². The normalized spacial score (nSPS) is 15.3. The number of aryl methyl sites for hydroxylation is 2. The van der Waals surface area contributed by atoms with E-state index in [9.17, 15) is 5.11 Å². The van der Waals surface area contributed by atoms with Crippen LogP contribution in [-0.2, 0) is 7.05 Å². The Hall–Kier alpha value is -0.870. The van der Waals surface area contributed by atoms with Crippen molar-refractivity contribution in [2.75, 3.05) is 6.61 Å². The molecule has 0 spiro atoms. The van der Waals surface area contributed by atoms with Gasteiger partial charge in [0.25, 0.3) is 0 Å². The average Bonchev–Trinajstić information content (AvgIpc) is 2.49. The number of aliphatic hydroxyl groups is 1. The van der Waals surface area contributed by atoms with Crippen molar-refractivity contribution < 1.29 is 5.11 Å². The molecule has 4 heteroatoms. The lowest BCUT2D eigenvalue weighted by molar-refractivity contribution is 0.201. The predicted octanol–water partition coefficient (Wildman–Crippen LogP) is 1.70. The van der Waals surface area contributed by atoms with Crippen molar-refractivity contribution in [1.29, 1.82) is 0 Å². The molecule has 1 aromatic rings. The zero-order chi connectivity index (χ0) is 13.2. The van der Waals surface area contributed by atoms with E-state index in [0.29, 0.717) is 5.92 Å². The van der Waals surface area contributed by atoms with E-state index in [2.05, 4.69) is 38.1 Å². The summed E-state index contributed by atoms with van der Waals surface area (Å²) in [5, 5.41) is 17.3. The van der Waals surface area contributed by atoms with E-state index in [1.54, 1.807) is 0 Å². The van der Waals surface area contributed by atoms with Gasteiger partial charge in [-0.2, -0.15) is 5.10 Å². The fourth-order valence-electron chi connectivity index (χ4n) is 2.28. The van der Waals surface area contributed by atoms with Crippen molar-refractivity contribution in [2.24, 2.45) is 13.0 Å². The number of hydrogen-bond donors (Lipinski definition) is 2. The first-order valence-electron chi connectivity index (χ1n) is 6.25. The van der Waals surface area contributed by atoms with Crippen LogP contribution in [0.3, 0.4) is 0 Å². The molecule has 98 valence electrons. The Labute approximate surface area is 104 Å². The maximum Gasteiger partial charge on any atom is 0.0644 e. The molecule has 2 N–H and O–H groups in total. The number of hydrogen-bond acceptors (Lipinski definition) is 3. The largest absolute Gasteiger partial charge is 0.395 e. The minimum Gasteiger partial charge on any atom is -0.395 e. The highest BCUT2D eigenvalue weighted by Crippen LogP contribution is 2.21. The van der Waals surface area contributed by atoms with Crippen LogP contribution >= 0.6 is 0 Å². The summed E-state index contributed by atoms with van der Waals surface area (Å²) < 4.78 is 1.91. The molecule has 17 heavy (non-hydrogen) atoms. The summed E-state index contributed by atoms with van der Waals surface area (Å²) in [6, 6.07) is 0.340. The molecule has 0 aromatic carbocycles. The standard InChI is InChI=1S/C13H25N3O/c1-8(2)12(7-17)14-9(3)13-10(4)15-16(6)11(13)5/h8-9,12,14,17H,7H2,1-6H3/t9?,12-/m1/s1. The second-order valence-electron chi connectivity index (χ2n) is 5.13. The molecule has 0 aliphatic rings. The summed E-state index contributed by atoms with van der Waals surface area (Å²) in [4.78, 5) is 0. The Morgan fingerprint density at radius 3 is 2.24 bits per heavy atom. The fraction of sp³-hybridized carbons (Fsp3) is 0.769. The smallest absolute Gasteiger partial charge is 0.0644 e. The summed E-state index contributed by atoms with van der Waals surface area (Å²) in [6.07, 6.45) is 0. The Morgan fingerprint density at radius 1 is 1.29 bits per heavy atom. The van der Waals surface area contributed by atoms with Crippen LogP contribution in [0.25, 0.3) is 0 Å². The van der Waals surface area contributed by atoms with E-state index in [0.717, 1.165) is 5.69 Å². The minimum absolute atomic E-state index is 0.129. The van der Waals surface area contributed by atoms with Gasteiger partial charge in [-0.25, -0.2) is 0 Å². The van der Waals surface area contributed by atoms with Crippen LogP contribution in [0.5, 0.6) is 0 Å². The second-order valence-corrected chi connectivity index (χ2v) is 5.13. The van der Waals surface area contributed by atoms with Crippen LogP contribution in [-0.4, -0.2) is 27.5 Å². The topological polar surface area (TPSA) is 50.1 Å². The maximum absolute atomic E-state index is 9.35. The Balaban J connectivity index is 2.85. The van der Waals surface area contributed by atoms with Crippen molar-refractivity contribution in [1.82, 2.24) is 15.1 Å². The first kappa shape index (κ1) is 14.2. The Kier molecular flexibility index (Phi) is 4.71. The van der Waals surface area contributed by atoms with Crippen molar-refractivity contribution in [3.8, 4) is 0 Å². The van der Waals surface area contributed by atoms with E-state index < -0.39 is 0 Å². The SMILES string of the molecule is Cc1nn(C)c(C)c1C(C)N[C@H](CO)C(C)C. The van der Waals surface area contributed by atoms with Crippen LogP contribution in [0, 0.1) is 19.8 Å². The lowest BCUT2D eigenvalue weighted by Crippen LogP contribution is -2.38. The first-order valence-corrected chi connectivity index (χ1v) is 6.25. The van der Waals surface area contributed by atoms with Gasteiger partial charge in [-0.3, -0.25) is 4.68 Å². The monoisotopic (exact) mass is 239 g/mol. The summed E-state index contributed by atoms with van der Waals surface area (Å²) in [5.74, 6) is 0.416. The molecule has 4 nitrogen and oxygen atoms in total. The predicted molar refractivity (Wildman–Crippen MR) is 69.9 cm³/mol. The molecule has 0 aliphatic carbocycles. The van der Waals surface area contributed by atoms with Gasteiger partial charge >= 0.3 is 0 Å². The van der Waals surface area contributed by atoms with E-state index >= 15 is 0 Å². The minimum atomic E-state index is 0.129. The zero-order valence-corrected chi connectivity index (χ0v) is 11.8. The molecule has 0 amide bonds. The zero-order valence-electron chi connectivity index (χ0n) is 11.8. The number of nitrogens with zero attached hydrogens (tertiary/aromatic N) is 2. The van der Waals surface area contributed by atoms with E-state index in [1.165, 1.54) is 11.3 Å². The molecule has 1 heterocycles. The van der Waals surface area contributed by atoms with E-state index in [1.807, 2.05) is 18.7 Å². The van der Waals surface area contributed by atoms with Crippen LogP contribution in [0.2, 0.25) is 0 Å². The Morgan fingerprint density at radius 2 is 1.88 bits per heavy atom. The second kappa shape index (κ2) is 5.65. The van der Waals surface area contributed by atoms with Gasteiger partial charge in [0.15, 0.2) is 0 Å². The summed E-state index contributed by atoms with van der Waals surface area (Å²) in [6.45, 7) is 10.6. The average molecular weight is 239 g/mol. The third-order valence-corrected chi connectivity index (χ3v) is 3.46. The van der Waals surface area contributed by atoms with Gasteiger partial charge in [-0.15, -0.1) is 0 Å². The third kappa shape index (κ3) is 3.07. The molecule has 0 aliphatic heterocycles.